The number of benzene rings is 2. The van der Waals surface area contributed by atoms with Crippen LogP contribution in [0.1, 0.15) is 69.7 Å². The van der Waals surface area contributed by atoms with E-state index in [2.05, 4.69) is 31.4 Å². The number of carbonyl (C=O) groups is 2. The van der Waals surface area contributed by atoms with Gasteiger partial charge in [-0.25, -0.2) is 9.48 Å². The fourth-order valence-corrected chi connectivity index (χ4v) is 4.69. The van der Waals surface area contributed by atoms with Gasteiger partial charge < -0.3 is 15.5 Å². The normalized spacial score (nSPS) is 14.3. The van der Waals surface area contributed by atoms with Crippen LogP contribution >= 0.6 is 0 Å². The van der Waals surface area contributed by atoms with Gasteiger partial charge in [0, 0.05) is 24.1 Å². The van der Waals surface area contributed by atoms with E-state index in [1.165, 1.54) is 6.42 Å². The molecule has 0 bridgehead atoms. The minimum Gasteiger partial charge on any atom is -0.335 e. The highest BCUT2D eigenvalue weighted by Crippen LogP contribution is 2.27. The van der Waals surface area contributed by atoms with Gasteiger partial charge >= 0.3 is 6.03 Å². The summed E-state index contributed by atoms with van der Waals surface area (Å²) in [5.41, 5.74) is 3.63. The Morgan fingerprint density at radius 3 is 2.35 bits per heavy atom. The number of hydrogen-bond acceptors (Lipinski definition) is 3. The predicted octanol–water partition coefficient (Wildman–Crippen LogP) is 5.96. The summed E-state index contributed by atoms with van der Waals surface area (Å²) in [6, 6.07) is 19.6. The monoisotopic (exact) mass is 501 g/mol. The Bertz CT molecular complexity index is 1210. The van der Waals surface area contributed by atoms with E-state index < -0.39 is 0 Å². The van der Waals surface area contributed by atoms with E-state index in [9.17, 15) is 9.59 Å². The maximum absolute atomic E-state index is 13.4. The molecule has 0 radical (unpaired) electrons. The van der Waals surface area contributed by atoms with Gasteiger partial charge in [0.2, 0.25) is 5.91 Å². The maximum atomic E-state index is 13.4. The molecule has 0 atom stereocenters. The van der Waals surface area contributed by atoms with Crippen molar-refractivity contribution >= 4 is 17.8 Å². The summed E-state index contributed by atoms with van der Waals surface area (Å²) in [5.74, 6) is 0.335. The second-order valence-electron chi connectivity index (χ2n) is 11.0. The highest BCUT2D eigenvalue weighted by atomic mass is 16.2. The molecule has 1 aliphatic carbocycles. The second-order valence-corrected chi connectivity index (χ2v) is 11.0. The minimum absolute atomic E-state index is 0.0583. The van der Waals surface area contributed by atoms with Crippen LogP contribution in [-0.2, 0) is 16.8 Å². The van der Waals surface area contributed by atoms with Gasteiger partial charge in [-0.2, -0.15) is 5.10 Å². The third-order valence-corrected chi connectivity index (χ3v) is 6.86. The van der Waals surface area contributed by atoms with Crippen molar-refractivity contribution in [1.82, 2.24) is 20.0 Å². The molecule has 2 aromatic carbocycles. The van der Waals surface area contributed by atoms with Crippen LogP contribution in [0.2, 0.25) is 0 Å². The number of nitrogens with one attached hydrogen (secondary N) is 2. The van der Waals surface area contributed by atoms with Gasteiger partial charge in [0.15, 0.2) is 0 Å². The Morgan fingerprint density at radius 2 is 1.68 bits per heavy atom. The van der Waals surface area contributed by atoms with E-state index in [0.29, 0.717) is 12.4 Å². The van der Waals surface area contributed by atoms with Crippen LogP contribution in [0.25, 0.3) is 5.69 Å². The molecule has 2 N–H and O–H groups in total. The Labute approximate surface area is 220 Å². The van der Waals surface area contributed by atoms with E-state index in [1.54, 1.807) is 9.58 Å². The summed E-state index contributed by atoms with van der Waals surface area (Å²) < 4.78 is 1.79. The molecule has 4 rings (SSSR count). The molecule has 3 aromatic rings. The average molecular weight is 502 g/mol. The first-order valence-corrected chi connectivity index (χ1v) is 13.3. The van der Waals surface area contributed by atoms with Crippen LogP contribution in [0.15, 0.2) is 60.7 Å². The van der Waals surface area contributed by atoms with Gasteiger partial charge in [-0.15, -0.1) is 0 Å². The lowest BCUT2D eigenvalue weighted by Gasteiger charge is -2.28. The van der Waals surface area contributed by atoms with Gasteiger partial charge in [-0.1, -0.05) is 88.6 Å². The number of nitrogens with zero attached hydrogens (tertiary/aromatic N) is 3. The highest BCUT2D eigenvalue weighted by molar-refractivity contribution is 5.94. The summed E-state index contributed by atoms with van der Waals surface area (Å²) in [6.45, 7) is 8.62. The second kappa shape index (κ2) is 11.6. The molecule has 0 saturated heterocycles. The Hall–Kier alpha value is -3.61. The smallest absolute Gasteiger partial charge is 0.318 e. The third kappa shape index (κ3) is 7.00. The Kier molecular flexibility index (Phi) is 8.31. The molecule has 1 fully saturated rings. The van der Waals surface area contributed by atoms with Crippen molar-refractivity contribution in [3.63, 3.8) is 0 Å². The van der Waals surface area contributed by atoms with Crippen molar-refractivity contribution in [3.8, 4) is 5.69 Å². The molecule has 0 unspecified atom stereocenters. The average Bonchev–Trinajstić information content (AvgIpc) is 3.29. The van der Waals surface area contributed by atoms with Crippen molar-refractivity contribution in [2.45, 2.75) is 77.8 Å². The number of urea groups is 1. The lowest BCUT2D eigenvalue weighted by Crippen LogP contribution is -2.47. The number of anilines is 1. The lowest BCUT2D eigenvalue weighted by molar-refractivity contribution is -0.116. The zero-order valence-corrected chi connectivity index (χ0v) is 22.5. The van der Waals surface area contributed by atoms with Crippen LogP contribution in [0.4, 0.5) is 10.6 Å². The Morgan fingerprint density at radius 1 is 1.00 bits per heavy atom. The van der Waals surface area contributed by atoms with Gasteiger partial charge in [0.05, 0.1) is 11.4 Å². The van der Waals surface area contributed by atoms with E-state index in [-0.39, 0.29) is 29.9 Å². The molecule has 37 heavy (non-hydrogen) atoms. The summed E-state index contributed by atoms with van der Waals surface area (Å²) in [7, 11) is 0. The highest BCUT2D eigenvalue weighted by Gasteiger charge is 2.25. The van der Waals surface area contributed by atoms with Crippen molar-refractivity contribution < 1.29 is 9.59 Å². The lowest BCUT2D eigenvalue weighted by atomic mass is 9.92. The van der Waals surface area contributed by atoms with E-state index in [0.717, 1.165) is 48.2 Å². The molecule has 1 aliphatic rings. The van der Waals surface area contributed by atoms with Crippen LogP contribution in [-0.4, -0.2) is 39.2 Å². The molecule has 7 nitrogen and oxygen atoms in total. The minimum atomic E-state index is -0.259. The number of rotatable bonds is 7. The topological polar surface area (TPSA) is 79.3 Å². The summed E-state index contributed by atoms with van der Waals surface area (Å²) >= 11 is 0. The third-order valence-electron chi connectivity index (χ3n) is 6.86. The molecule has 7 heteroatoms. The largest absolute Gasteiger partial charge is 0.335 e. The number of carbonyl (C=O) groups excluding carboxylic acids is 2. The number of hydrogen-bond donors (Lipinski definition) is 2. The fourth-order valence-electron chi connectivity index (χ4n) is 4.69. The van der Waals surface area contributed by atoms with Crippen molar-refractivity contribution in [2.24, 2.45) is 0 Å². The molecule has 0 aliphatic heterocycles. The first-order chi connectivity index (χ1) is 17.7. The van der Waals surface area contributed by atoms with Crippen LogP contribution < -0.4 is 10.6 Å². The van der Waals surface area contributed by atoms with Gasteiger partial charge in [-0.3, -0.25) is 4.79 Å². The molecule has 196 valence electrons. The summed E-state index contributed by atoms with van der Waals surface area (Å²) in [4.78, 5) is 28.2. The molecule has 1 saturated carbocycles. The number of para-hydroxylation sites is 1. The van der Waals surface area contributed by atoms with Crippen molar-refractivity contribution in [3.05, 3.63) is 77.5 Å². The van der Waals surface area contributed by atoms with Crippen LogP contribution in [0, 0.1) is 6.92 Å². The maximum Gasteiger partial charge on any atom is 0.318 e. The quantitative estimate of drug-likeness (QED) is 0.419. The van der Waals surface area contributed by atoms with Gasteiger partial charge in [0.1, 0.15) is 12.4 Å². The molecule has 1 heterocycles. The van der Waals surface area contributed by atoms with E-state index in [4.69, 9.17) is 5.10 Å². The van der Waals surface area contributed by atoms with Gasteiger partial charge in [0.25, 0.3) is 0 Å². The first-order valence-electron chi connectivity index (χ1n) is 13.3. The number of amides is 3. The zero-order chi connectivity index (χ0) is 26.4. The Balaban J connectivity index is 1.55. The zero-order valence-electron chi connectivity index (χ0n) is 22.5. The molecular weight excluding hydrogens is 462 g/mol. The first kappa shape index (κ1) is 26.5. The van der Waals surface area contributed by atoms with Gasteiger partial charge in [-0.05, 0) is 37.0 Å². The SMILES string of the molecule is Cc1ccccc1-n1nc(C(C)(C)C)cc1NC(=O)CN(Cc1ccccc1)C(=O)NC1CCCCC1. The van der Waals surface area contributed by atoms with Crippen molar-refractivity contribution in [2.75, 3.05) is 11.9 Å². The number of aromatic nitrogens is 2. The summed E-state index contributed by atoms with van der Waals surface area (Å²) in [6.07, 6.45) is 5.45. The number of aryl methyl sites for hydroxylation is 1. The van der Waals surface area contributed by atoms with E-state index >= 15 is 0 Å². The van der Waals surface area contributed by atoms with Crippen LogP contribution in [0.3, 0.4) is 0 Å². The van der Waals surface area contributed by atoms with Crippen molar-refractivity contribution in [1.29, 1.82) is 0 Å². The molecular formula is C30H39N5O2. The fraction of sp³-hybridized carbons (Fsp3) is 0.433. The standard InChI is InChI=1S/C30H39N5O2/c1-22-13-11-12-18-25(22)35-27(19-26(33-35)30(2,3)4)32-28(36)21-34(20-23-14-7-5-8-15-23)29(37)31-24-16-9-6-10-17-24/h5,7-8,11-15,18-19,24H,6,9-10,16-17,20-21H2,1-4H3,(H,31,37)(H,32,36). The van der Waals surface area contributed by atoms with E-state index in [1.807, 2.05) is 67.6 Å². The summed E-state index contributed by atoms with van der Waals surface area (Å²) in [5, 5.41) is 11.0. The molecule has 0 spiro atoms. The molecule has 1 aromatic heterocycles. The molecule has 3 amide bonds. The predicted molar refractivity (Wildman–Crippen MR) is 148 cm³/mol. The van der Waals surface area contributed by atoms with Crippen LogP contribution in [0.5, 0.6) is 0 Å².